The molecule has 33 heavy (non-hydrogen) atoms. The van der Waals surface area contributed by atoms with Crippen molar-refractivity contribution in [2.24, 2.45) is 0 Å². The molecule has 1 amide bonds. The van der Waals surface area contributed by atoms with Crippen molar-refractivity contribution >= 4 is 14.7 Å². The van der Waals surface area contributed by atoms with Gasteiger partial charge in [-0.05, 0) is 13.0 Å². The Balaban J connectivity index is 0. The van der Waals surface area contributed by atoms with E-state index in [1.165, 1.54) is 26.6 Å². The molecule has 0 rings (SSSR count). The fourth-order valence-electron chi connectivity index (χ4n) is 1.88. The smallest absolute Gasteiger partial charge is 0.377 e. The van der Waals surface area contributed by atoms with Gasteiger partial charge in [-0.25, -0.2) is 9.13 Å². The van der Waals surface area contributed by atoms with E-state index in [1.807, 2.05) is 0 Å². The summed E-state index contributed by atoms with van der Waals surface area (Å²) in [5.41, 5.74) is 0. The maximum Gasteiger partial charge on any atom is 0.525 e. The van der Waals surface area contributed by atoms with Crippen molar-refractivity contribution in [3.63, 3.8) is 0 Å². The average Bonchev–Trinajstić information content (AvgIpc) is 2.68. The first kappa shape index (κ1) is 33.9. The molecule has 0 saturated carbocycles. The van der Waals surface area contributed by atoms with E-state index in [2.05, 4.69) is 10.1 Å². The van der Waals surface area contributed by atoms with Crippen molar-refractivity contribution in [1.82, 2.24) is 10.6 Å². The highest BCUT2D eigenvalue weighted by Crippen LogP contribution is 2.39. The van der Waals surface area contributed by atoms with E-state index in [9.17, 15) is 53.1 Å². The molecule has 0 aromatic carbocycles. The SMILES string of the molecule is CO[Si](CCCNCCNC(=O)C(F)(OC(F)(F)F)C(F)(F)F)(OC)OC.FCC(F)(F)F. The van der Waals surface area contributed by atoms with E-state index in [4.69, 9.17) is 13.3 Å². The molecule has 0 aliphatic carbocycles. The molecule has 0 aliphatic heterocycles. The van der Waals surface area contributed by atoms with E-state index in [1.54, 1.807) is 0 Å². The lowest BCUT2D eigenvalue weighted by atomic mass is 10.2. The van der Waals surface area contributed by atoms with Crippen LogP contribution in [0.5, 0.6) is 0 Å². The quantitative estimate of drug-likeness (QED) is 0.227. The Morgan fingerprint density at radius 2 is 1.27 bits per heavy atom. The van der Waals surface area contributed by atoms with Gasteiger partial charge in [-0.15, -0.1) is 13.2 Å². The van der Waals surface area contributed by atoms with Crippen LogP contribution < -0.4 is 10.6 Å². The van der Waals surface area contributed by atoms with Crippen molar-refractivity contribution in [3.8, 4) is 0 Å². The van der Waals surface area contributed by atoms with Gasteiger partial charge < -0.3 is 23.9 Å². The fourth-order valence-corrected chi connectivity index (χ4v) is 3.60. The van der Waals surface area contributed by atoms with E-state index in [0.29, 0.717) is 19.0 Å². The van der Waals surface area contributed by atoms with Crippen molar-refractivity contribution in [2.45, 2.75) is 37.0 Å². The molecule has 0 saturated heterocycles. The van der Waals surface area contributed by atoms with Crippen LogP contribution in [0, 0.1) is 0 Å². The molecule has 1 unspecified atom stereocenters. The van der Waals surface area contributed by atoms with Crippen LogP contribution in [0.1, 0.15) is 6.42 Å². The summed E-state index contributed by atoms with van der Waals surface area (Å²) in [7, 11) is 1.46. The van der Waals surface area contributed by atoms with Crippen LogP contribution >= 0.6 is 0 Å². The van der Waals surface area contributed by atoms with Gasteiger partial charge in [0.1, 0.15) is 0 Å². The molecule has 0 fully saturated rings. The first-order valence-electron chi connectivity index (χ1n) is 8.62. The minimum absolute atomic E-state index is 0.132. The molecular formula is C14H23F11N2O5Si. The van der Waals surface area contributed by atoms with Crippen LogP contribution in [0.15, 0.2) is 0 Å². The number of alkyl halides is 11. The van der Waals surface area contributed by atoms with Crippen LogP contribution in [0.3, 0.4) is 0 Å². The van der Waals surface area contributed by atoms with E-state index in [0.717, 1.165) is 0 Å². The lowest BCUT2D eigenvalue weighted by Gasteiger charge is -2.27. The Morgan fingerprint density at radius 3 is 1.61 bits per heavy atom. The summed E-state index contributed by atoms with van der Waals surface area (Å²) in [5, 5.41) is 4.10. The van der Waals surface area contributed by atoms with Gasteiger partial charge in [-0.1, -0.05) is 0 Å². The molecule has 19 heteroatoms. The zero-order chi connectivity index (χ0) is 26.6. The van der Waals surface area contributed by atoms with Crippen LogP contribution in [-0.4, -0.2) is 86.9 Å². The molecule has 0 radical (unpaired) electrons. The third kappa shape index (κ3) is 13.9. The zero-order valence-electron chi connectivity index (χ0n) is 17.4. The molecule has 0 spiro atoms. The lowest BCUT2D eigenvalue weighted by molar-refractivity contribution is -0.432. The molecule has 7 nitrogen and oxygen atoms in total. The van der Waals surface area contributed by atoms with Crippen LogP contribution in [0.25, 0.3) is 0 Å². The monoisotopic (exact) mass is 536 g/mol. The summed E-state index contributed by atoms with van der Waals surface area (Å²) in [6.07, 6.45) is -16.4. The minimum atomic E-state index is -6.21. The second-order valence-electron chi connectivity index (χ2n) is 5.79. The Hall–Kier alpha value is -1.28. The fraction of sp³-hybridized carbons (Fsp3) is 0.929. The first-order valence-corrected chi connectivity index (χ1v) is 10.6. The topological polar surface area (TPSA) is 78.1 Å². The highest BCUT2D eigenvalue weighted by atomic mass is 28.4. The van der Waals surface area contributed by atoms with Crippen molar-refractivity contribution in [2.75, 3.05) is 47.6 Å². The second kappa shape index (κ2) is 14.2. The molecule has 200 valence electrons. The molecular weight excluding hydrogens is 513 g/mol. The summed E-state index contributed by atoms with van der Waals surface area (Å²) in [5.74, 6) is -8.13. The van der Waals surface area contributed by atoms with Gasteiger partial charge in [-0.3, -0.25) is 4.79 Å². The highest BCUT2D eigenvalue weighted by molar-refractivity contribution is 6.60. The average molecular weight is 536 g/mol. The lowest BCUT2D eigenvalue weighted by Crippen LogP contribution is -2.58. The van der Waals surface area contributed by atoms with Gasteiger partial charge in [0.2, 0.25) is 0 Å². The summed E-state index contributed by atoms with van der Waals surface area (Å²) in [6, 6.07) is 0.414. The number of rotatable bonds is 12. The third-order valence-electron chi connectivity index (χ3n) is 3.42. The van der Waals surface area contributed by atoms with Gasteiger partial charge in [0.05, 0.1) is 0 Å². The van der Waals surface area contributed by atoms with Gasteiger partial charge in [0.25, 0.3) is 5.91 Å². The van der Waals surface area contributed by atoms with E-state index < -0.39 is 52.5 Å². The minimum Gasteiger partial charge on any atom is -0.377 e. The number of carbonyl (C=O) groups is 1. The molecule has 0 heterocycles. The number of ether oxygens (including phenoxy) is 1. The molecule has 0 aromatic rings. The van der Waals surface area contributed by atoms with Crippen molar-refractivity contribution < 1.29 is 71.1 Å². The Kier molecular flexibility index (Phi) is 14.6. The van der Waals surface area contributed by atoms with Crippen LogP contribution in [0.2, 0.25) is 6.04 Å². The molecule has 2 N–H and O–H groups in total. The number of hydrogen-bond acceptors (Lipinski definition) is 6. The number of carbonyl (C=O) groups excluding carboxylic acids is 1. The van der Waals surface area contributed by atoms with Gasteiger partial charge >= 0.3 is 33.4 Å². The third-order valence-corrected chi connectivity index (χ3v) is 6.25. The van der Waals surface area contributed by atoms with Gasteiger partial charge in [0.15, 0.2) is 6.67 Å². The predicted octanol–water partition coefficient (Wildman–Crippen LogP) is 3.24. The number of halogens is 11. The highest BCUT2D eigenvalue weighted by Gasteiger charge is 2.68. The number of nitrogens with one attached hydrogen (secondary N) is 2. The molecule has 0 aliphatic rings. The zero-order valence-corrected chi connectivity index (χ0v) is 18.4. The number of amides is 1. The van der Waals surface area contributed by atoms with Gasteiger partial charge in [-0.2, -0.15) is 30.7 Å². The van der Waals surface area contributed by atoms with Crippen molar-refractivity contribution in [1.29, 1.82) is 0 Å². The Labute approximate surface area is 182 Å². The molecule has 0 aromatic heterocycles. The largest absolute Gasteiger partial charge is 0.525 e. The second-order valence-corrected chi connectivity index (χ2v) is 8.89. The van der Waals surface area contributed by atoms with E-state index >= 15 is 0 Å². The predicted molar refractivity (Wildman–Crippen MR) is 91.1 cm³/mol. The molecule has 0 bridgehead atoms. The summed E-state index contributed by atoms with van der Waals surface area (Å²) >= 11 is 0. The molecule has 1 atom stereocenters. The first-order chi connectivity index (χ1) is 14.8. The summed E-state index contributed by atoms with van der Waals surface area (Å²) in [4.78, 5) is 11.2. The maximum absolute atomic E-state index is 13.5. The summed E-state index contributed by atoms with van der Waals surface area (Å²) < 4.78 is 146. The Morgan fingerprint density at radius 1 is 0.818 bits per heavy atom. The standard InChI is InChI=1S/C12H21F7N2O5Si.C2H2F4/c1-23-27(24-2,25-3)8-4-5-20-6-7-21-9(22)10(13,11(14,15)16)26-12(17,18)19;3-1-2(4,5)6/h20H,4-8H2,1-3H3,(H,21,22);1H2. The normalized spacial score (nSPS) is 14.8. The van der Waals surface area contributed by atoms with Crippen LogP contribution in [0.4, 0.5) is 48.3 Å². The van der Waals surface area contributed by atoms with Crippen molar-refractivity contribution in [3.05, 3.63) is 0 Å². The number of hydrogen-bond donors (Lipinski definition) is 2. The van der Waals surface area contributed by atoms with E-state index in [-0.39, 0.29) is 6.54 Å². The summed E-state index contributed by atoms with van der Waals surface area (Å²) in [6.45, 7) is -2.62. The van der Waals surface area contributed by atoms with Crippen LogP contribution in [-0.2, 0) is 22.8 Å². The maximum atomic E-state index is 13.5. The Bertz CT molecular complexity index is 551. The van der Waals surface area contributed by atoms with Gasteiger partial charge in [0, 0.05) is 40.5 Å².